The van der Waals surface area contributed by atoms with Gasteiger partial charge >= 0.3 is 0 Å². The number of aromatic nitrogens is 1. The Kier molecular flexibility index (Phi) is 7.57. The summed E-state index contributed by atoms with van der Waals surface area (Å²) >= 11 is 1.60. The first-order chi connectivity index (χ1) is 9.33. The predicted octanol–water partition coefficient (Wildman–Crippen LogP) is 3.32. The molecule has 5 nitrogen and oxygen atoms in total. The molecule has 0 saturated heterocycles. The quantitative estimate of drug-likeness (QED) is 0.870. The Balaban J connectivity index is 0.00000220. The molecule has 1 amide bonds. The molecule has 0 atom stereocenters. The summed E-state index contributed by atoms with van der Waals surface area (Å²) < 4.78 is 5.18. The first-order valence-electron chi connectivity index (χ1n) is 6.38. The lowest BCUT2D eigenvalue weighted by Gasteiger charge is -2.23. The van der Waals surface area contributed by atoms with E-state index in [0.29, 0.717) is 11.3 Å². The molecular weight excluding hydrogens is 345 g/mol. The molecule has 0 saturated carbocycles. The minimum absolute atomic E-state index is 0. The lowest BCUT2D eigenvalue weighted by atomic mass is 10.1. The Morgan fingerprint density at radius 1 is 1.41 bits per heavy atom. The monoisotopic (exact) mass is 365 g/mol. The summed E-state index contributed by atoms with van der Waals surface area (Å²) in [7, 11) is 0. The van der Waals surface area contributed by atoms with Gasteiger partial charge in [-0.1, -0.05) is 0 Å². The zero-order valence-electron chi connectivity index (χ0n) is 12.9. The minimum atomic E-state index is -0.527. The van der Waals surface area contributed by atoms with Crippen molar-refractivity contribution >= 4 is 42.1 Å². The third-order valence-electron chi connectivity index (χ3n) is 3.11. The first-order valence-corrected chi connectivity index (χ1v) is 7.19. The molecule has 0 aliphatic carbocycles. The SMILES string of the molecule is Cc1nc(C(C)(C)NC(=O)c2coc(CN)c2)sc1C.Cl.Cl. The van der Waals surface area contributed by atoms with Gasteiger partial charge in [0, 0.05) is 4.88 Å². The third-order valence-corrected chi connectivity index (χ3v) is 4.50. The molecule has 8 heteroatoms. The summed E-state index contributed by atoms with van der Waals surface area (Å²) in [6, 6.07) is 1.66. The highest BCUT2D eigenvalue weighted by molar-refractivity contribution is 7.11. The molecule has 0 aromatic carbocycles. The van der Waals surface area contributed by atoms with Gasteiger partial charge in [0.15, 0.2) is 0 Å². The van der Waals surface area contributed by atoms with E-state index in [-0.39, 0.29) is 37.3 Å². The van der Waals surface area contributed by atoms with Crippen molar-refractivity contribution in [1.82, 2.24) is 10.3 Å². The Bertz CT molecular complexity index is 618. The second kappa shape index (κ2) is 7.97. The number of nitrogens with one attached hydrogen (secondary N) is 1. The Labute approximate surface area is 146 Å². The number of carbonyl (C=O) groups is 1. The second-order valence-corrected chi connectivity index (χ2v) is 6.45. The number of nitrogens with two attached hydrogens (primary N) is 1. The zero-order valence-corrected chi connectivity index (χ0v) is 15.4. The topological polar surface area (TPSA) is 81.2 Å². The number of hydrogen-bond acceptors (Lipinski definition) is 5. The lowest BCUT2D eigenvalue weighted by molar-refractivity contribution is 0.0911. The summed E-state index contributed by atoms with van der Waals surface area (Å²) in [5.41, 5.74) is 6.42. The van der Waals surface area contributed by atoms with Crippen molar-refractivity contribution in [2.75, 3.05) is 0 Å². The molecule has 0 bridgehead atoms. The van der Waals surface area contributed by atoms with Crippen LogP contribution in [0, 0.1) is 13.8 Å². The van der Waals surface area contributed by atoms with Gasteiger partial charge in [-0.2, -0.15) is 0 Å². The fourth-order valence-electron chi connectivity index (χ4n) is 1.76. The van der Waals surface area contributed by atoms with Gasteiger partial charge in [0.25, 0.3) is 5.91 Å². The van der Waals surface area contributed by atoms with E-state index in [0.717, 1.165) is 15.6 Å². The highest BCUT2D eigenvalue weighted by atomic mass is 35.5. The molecule has 0 radical (unpaired) electrons. The van der Waals surface area contributed by atoms with E-state index in [4.69, 9.17) is 10.2 Å². The van der Waals surface area contributed by atoms with Crippen LogP contribution in [0.5, 0.6) is 0 Å². The number of carbonyl (C=O) groups excluding carboxylic acids is 1. The third kappa shape index (κ3) is 4.46. The number of hydrogen-bond donors (Lipinski definition) is 2. The summed E-state index contributed by atoms with van der Waals surface area (Å²) in [5.74, 6) is 0.401. The Morgan fingerprint density at radius 2 is 2.05 bits per heavy atom. The van der Waals surface area contributed by atoms with Crippen LogP contribution in [0.2, 0.25) is 0 Å². The molecule has 22 heavy (non-hydrogen) atoms. The zero-order chi connectivity index (χ0) is 14.9. The van der Waals surface area contributed by atoms with Crippen LogP contribution in [0.15, 0.2) is 16.7 Å². The Hall–Kier alpha value is -1.08. The molecule has 2 rings (SSSR count). The average Bonchev–Trinajstić information content (AvgIpc) is 2.97. The van der Waals surface area contributed by atoms with Crippen molar-refractivity contribution in [1.29, 1.82) is 0 Å². The summed E-state index contributed by atoms with van der Waals surface area (Å²) in [6.45, 7) is 8.15. The number of aryl methyl sites for hydroxylation is 2. The molecule has 2 aromatic heterocycles. The number of halogens is 2. The molecule has 3 N–H and O–H groups in total. The van der Waals surface area contributed by atoms with Crippen LogP contribution in [0.4, 0.5) is 0 Å². The number of nitrogens with zero attached hydrogens (tertiary/aromatic N) is 1. The maximum absolute atomic E-state index is 12.2. The van der Waals surface area contributed by atoms with E-state index in [1.54, 1.807) is 17.4 Å². The second-order valence-electron chi connectivity index (χ2n) is 5.25. The summed E-state index contributed by atoms with van der Waals surface area (Å²) in [6.07, 6.45) is 1.42. The predicted molar refractivity (Wildman–Crippen MR) is 93.2 cm³/mol. The van der Waals surface area contributed by atoms with Crippen LogP contribution in [-0.4, -0.2) is 10.9 Å². The van der Waals surface area contributed by atoms with Gasteiger partial charge in [-0.05, 0) is 33.8 Å². The smallest absolute Gasteiger partial charge is 0.255 e. The van der Waals surface area contributed by atoms with Gasteiger partial charge in [0.1, 0.15) is 17.0 Å². The molecule has 2 aromatic rings. The number of amides is 1. The fourth-order valence-corrected chi connectivity index (χ4v) is 2.73. The van der Waals surface area contributed by atoms with E-state index in [1.807, 2.05) is 27.7 Å². The lowest BCUT2D eigenvalue weighted by Crippen LogP contribution is -2.40. The van der Waals surface area contributed by atoms with Crippen LogP contribution in [0.1, 0.15) is 45.5 Å². The highest BCUT2D eigenvalue weighted by Crippen LogP contribution is 2.27. The number of rotatable bonds is 4. The van der Waals surface area contributed by atoms with E-state index >= 15 is 0 Å². The van der Waals surface area contributed by atoms with Crippen molar-refractivity contribution in [2.24, 2.45) is 5.73 Å². The molecule has 0 spiro atoms. The van der Waals surface area contributed by atoms with Gasteiger partial charge in [0.05, 0.1) is 23.3 Å². The molecule has 0 fully saturated rings. The summed E-state index contributed by atoms with van der Waals surface area (Å²) in [4.78, 5) is 17.9. The van der Waals surface area contributed by atoms with Crippen molar-refractivity contribution < 1.29 is 9.21 Å². The molecule has 0 aliphatic rings. The maximum atomic E-state index is 12.2. The minimum Gasteiger partial charge on any atom is -0.467 e. The fraction of sp³-hybridized carbons (Fsp3) is 0.429. The van der Waals surface area contributed by atoms with Crippen LogP contribution in [0.3, 0.4) is 0 Å². The van der Waals surface area contributed by atoms with Crippen LogP contribution >= 0.6 is 36.2 Å². The van der Waals surface area contributed by atoms with Crippen LogP contribution < -0.4 is 11.1 Å². The number of furan rings is 1. The highest BCUT2D eigenvalue weighted by Gasteiger charge is 2.28. The van der Waals surface area contributed by atoms with Crippen LogP contribution in [0.25, 0.3) is 0 Å². The van der Waals surface area contributed by atoms with Crippen molar-refractivity contribution in [3.8, 4) is 0 Å². The van der Waals surface area contributed by atoms with Crippen molar-refractivity contribution in [2.45, 2.75) is 39.8 Å². The van der Waals surface area contributed by atoms with E-state index in [9.17, 15) is 4.79 Å². The van der Waals surface area contributed by atoms with Gasteiger partial charge in [-0.15, -0.1) is 36.2 Å². The van der Waals surface area contributed by atoms with E-state index in [1.165, 1.54) is 6.26 Å². The van der Waals surface area contributed by atoms with Crippen molar-refractivity contribution in [3.63, 3.8) is 0 Å². The van der Waals surface area contributed by atoms with Gasteiger partial charge < -0.3 is 15.5 Å². The molecule has 2 heterocycles. The van der Waals surface area contributed by atoms with Crippen LogP contribution in [-0.2, 0) is 12.1 Å². The maximum Gasteiger partial charge on any atom is 0.255 e. The standard InChI is InChI=1S/C14H19N3O2S.2ClH/c1-8-9(2)20-13(16-8)14(3,4)17-12(18)10-5-11(6-15)19-7-10;;/h5,7H,6,15H2,1-4H3,(H,17,18);2*1H. The van der Waals surface area contributed by atoms with Gasteiger partial charge in [-0.3, -0.25) is 4.79 Å². The number of thiazole rings is 1. The van der Waals surface area contributed by atoms with Gasteiger partial charge in [-0.25, -0.2) is 4.98 Å². The molecule has 0 aliphatic heterocycles. The van der Waals surface area contributed by atoms with Gasteiger partial charge in [0.2, 0.25) is 0 Å². The normalized spacial score (nSPS) is 10.6. The first kappa shape index (κ1) is 20.9. The molecule has 0 unspecified atom stereocenters. The molecule has 124 valence electrons. The Morgan fingerprint density at radius 3 is 2.50 bits per heavy atom. The summed E-state index contributed by atoms with van der Waals surface area (Å²) in [5, 5.41) is 3.87. The van der Waals surface area contributed by atoms with E-state index < -0.39 is 5.54 Å². The van der Waals surface area contributed by atoms with E-state index in [2.05, 4.69) is 10.3 Å². The molecular formula is C14H21Cl2N3O2S. The largest absolute Gasteiger partial charge is 0.467 e. The van der Waals surface area contributed by atoms with Crippen molar-refractivity contribution in [3.05, 3.63) is 39.2 Å². The average molecular weight is 366 g/mol.